The number of hydrogen-bond acceptors (Lipinski definition) is 1. The summed E-state index contributed by atoms with van der Waals surface area (Å²) < 4.78 is 77.5. The van der Waals surface area contributed by atoms with E-state index in [1.54, 1.807) is 0 Å². The molecule has 8 heteroatoms. The second kappa shape index (κ2) is 4.53. The van der Waals surface area contributed by atoms with Gasteiger partial charge in [-0.3, -0.25) is 4.68 Å². The van der Waals surface area contributed by atoms with Gasteiger partial charge in [-0.15, -0.1) is 0 Å². The largest absolute Gasteiger partial charge is 0.417 e. The highest BCUT2D eigenvalue weighted by molar-refractivity contribution is 5.65. The number of benzene rings is 1. The lowest BCUT2D eigenvalue weighted by molar-refractivity contribution is -0.142. The average molecular weight is 293 g/mol. The fraction of sp³-hybridized carbons (Fsp3) is 0.250. The number of aryl methyl sites for hydroxylation is 1. The molecule has 1 radical (unpaired) electrons. The van der Waals surface area contributed by atoms with Crippen LogP contribution in [-0.4, -0.2) is 9.78 Å². The highest BCUT2D eigenvalue weighted by Crippen LogP contribution is 2.40. The minimum atomic E-state index is -4.90. The molecule has 107 valence electrons. The van der Waals surface area contributed by atoms with Gasteiger partial charge in [0.25, 0.3) is 0 Å². The molecule has 0 aliphatic heterocycles. The molecule has 1 aromatic heterocycles. The van der Waals surface area contributed by atoms with E-state index < -0.39 is 23.5 Å². The van der Waals surface area contributed by atoms with Crippen LogP contribution in [0.5, 0.6) is 0 Å². The van der Waals surface area contributed by atoms with Crippen molar-refractivity contribution in [2.75, 3.05) is 0 Å². The van der Waals surface area contributed by atoms with E-state index >= 15 is 0 Å². The number of alkyl halides is 6. The third kappa shape index (κ3) is 2.63. The summed E-state index contributed by atoms with van der Waals surface area (Å²) in [6.45, 7) is 0. The monoisotopic (exact) mass is 293 g/mol. The summed E-state index contributed by atoms with van der Waals surface area (Å²) in [7, 11) is 1.38. The van der Waals surface area contributed by atoms with Crippen molar-refractivity contribution in [1.82, 2.24) is 9.78 Å². The molecule has 1 heterocycles. The Balaban J connectivity index is 2.68. The van der Waals surface area contributed by atoms with Gasteiger partial charge in [0.2, 0.25) is 0 Å². The van der Waals surface area contributed by atoms with Gasteiger partial charge in [0.15, 0.2) is 0 Å². The van der Waals surface area contributed by atoms with Gasteiger partial charge >= 0.3 is 12.4 Å². The Labute approximate surface area is 109 Å². The van der Waals surface area contributed by atoms with Gasteiger partial charge in [0, 0.05) is 12.6 Å². The number of hydrogen-bond donors (Lipinski definition) is 0. The van der Waals surface area contributed by atoms with Crippen LogP contribution < -0.4 is 0 Å². The molecule has 0 aliphatic rings. The summed E-state index contributed by atoms with van der Waals surface area (Å²) >= 11 is 0. The molecule has 1 aromatic carbocycles. The second-order valence-corrected chi connectivity index (χ2v) is 4.04. The van der Waals surface area contributed by atoms with Crippen molar-refractivity contribution in [2.24, 2.45) is 7.05 Å². The standard InChI is InChI=1S/C12H7F6N2/c1-20-10(4-5-19-20)8-3-2-7(11(13,14)15)6-9(8)12(16,17)18/h2-4,6H,1H3. The second-order valence-electron chi connectivity index (χ2n) is 4.04. The van der Waals surface area contributed by atoms with E-state index in [-0.39, 0.29) is 17.3 Å². The van der Waals surface area contributed by atoms with E-state index in [1.165, 1.54) is 13.1 Å². The van der Waals surface area contributed by atoms with Crippen LogP contribution in [0.4, 0.5) is 26.3 Å². The highest BCUT2D eigenvalue weighted by Gasteiger charge is 2.38. The zero-order valence-corrected chi connectivity index (χ0v) is 9.97. The van der Waals surface area contributed by atoms with Crippen LogP contribution in [0.3, 0.4) is 0 Å². The Morgan fingerprint density at radius 3 is 2.15 bits per heavy atom. The molecule has 0 unspecified atom stereocenters. The summed E-state index contributed by atoms with van der Waals surface area (Å²) in [6, 6.07) is 2.67. The smallest absolute Gasteiger partial charge is 0.267 e. The molecule has 0 spiro atoms. The molecule has 0 saturated heterocycles. The maximum absolute atomic E-state index is 12.9. The van der Waals surface area contributed by atoms with Gasteiger partial charge in [0.1, 0.15) is 6.20 Å². The van der Waals surface area contributed by atoms with E-state index in [0.29, 0.717) is 6.07 Å². The van der Waals surface area contributed by atoms with E-state index in [2.05, 4.69) is 11.3 Å². The van der Waals surface area contributed by atoms with Crippen molar-refractivity contribution in [2.45, 2.75) is 12.4 Å². The van der Waals surface area contributed by atoms with E-state index in [1.807, 2.05) is 0 Å². The molecule has 0 saturated carbocycles. The van der Waals surface area contributed by atoms with Crippen molar-refractivity contribution >= 4 is 0 Å². The highest BCUT2D eigenvalue weighted by atomic mass is 19.4. The lowest BCUT2D eigenvalue weighted by atomic mass is 10.0. The third-order valence-corrected chi connectivity index (χ3v) is 2.69. The fourth-order valence-electron chi connectivity index (χ4n) is 1.75. The minimum absolute atomic E-state index is 0.0334. The van der Waals surface area contributed by atoms with Crippen LogP contribution >= 0.6 is 0 Å². The molecule has 0 aliphatic carbocycles. The van der Waals surface area contributed by atoms with Gasteiger partial charge in [-0.25, -0.2) is 0 Å². The first-order valence-corrected chi connectivity index (χ1v) is 5.29. The quantitative estimate of drug-likeness (QED) is 0.729. The van der Waals surface area contributed by atoms with E-state index in [9.17, 15) is 26.3 Å². The summed E-state index contributed by atoms with van der Waals surface area (Å²) in [4.78, 5) is 0. The molecule has 0 fully saturated rings. The Kier molecular flexibility index (Phi) is 3.27. The van der Waals surface area contributed by atoms with Gasteiger partial charge < -0.3 is 0 Å². The molecular formula is C12H7F6N2. The average Bonchev–Trinajstić information content (AvgIpc) is 2.72. The lowest BCUT2D eigenvalue weighted by Gasteiger charge is -2.16. The van der Waals surface area contributed by atoms with Crippen molar-refractivity contribution in [1.29, 1.82) is 0 Å². The van der Waals surface area contributed by atoms with Crippen molar-refractivity contribution in [3.05, 3.63) is 41.6 Å². The summed E-state index contributed by atoms with van der Waals surface area (Å²) in [5.74, 6) is 0. The summed E-state index contributed by atoms with van der Waals surface area (Å²) in [5.41, 5.74) is -3.04. The number of aromatic nitrogens is 2. The van der Waals surface area contributed by atoms with Crippen LogP contribution in [0.2, 0.25) is 0 Å². The van der Waals surface area contributed by atoms with Crippen molar-refractivity contribution in [3.63, 3.8) is 0 Å². The summed E-state index contributed by atoms with van der Waals surface area (Å²) in [6.07, 6.45) is -7.39. The predicted molar refractivity (Wildman–Crippen MR) is 57.5 cm³/mol. The topological polar surface area (TPSA) is 17.8 Å². The predicted octanol–water partition coefficient (Wildman–Crippen LogP) is 3.92. The van der Waals surface area contributed by atoms with Gasteiger partial charge in [-0.1, -0.05) is 6.07 Å². The fourth-order valence-corrected chi connectivity index (χ4v) is 1.75. The van der Waals surface area contributed by atoms with Gasteiger partial charge in [-0.2, -0.15) is 31.4 Å². The molecule has 0 amide bonds. The number of nitrogens with zero attached hydrogens (tertiary/aromatic N) is 2. The van der Waals surface area contributed by atoms with Gasteiger partial charge in [0.05, 0.1) is 16.8 Å². The Morgan fingerprint density at radius 1 is 1.05 bits per heavy atom. The van der Waals surface area contributed by atoms with Crippen LogP contribution in [0.1, 0.15) is 11.1 Å². The maximum atomic E-state index is 12.9. The Bertz CT molecular complexity index is 624. The molecular weight excluding hydrogens is 286 g/mol. The number of halogens is 6. The molecule has 2 rings (SSSR count). The normalized spacial score (nSPS) is 12.8. The first-order chi connectivity index (χ1) is 9.10. The zero-order valence-electron chi connectivity index (χ0n) is 9.97. The van der Waals surface area contributed by atoms with Crippen molar-refractivity contribution < 1.29 is 26.3 Å². The molecule has 2 aromatic rings. The van der Waals surface area contributed by atoms with E-state index in [4.69, 9.17) is 0 Å². The third-order valence-electron chi connectivity index (χ3n) is 2.69. The zero-order chi connectivity index (χ0) is 15.1. The first kappa shape index (κ1) is 14.4. The summed E-state index contributed by atoms with van der Waals surface area (Å²) in [5, 5.41) is 3.59. The van der Waals surface area contributed by atoms with Crippen LogP contribution in [-0.2, 0) is 19.4 Å². The number of rotatable bonds is 1. The molecule has 0 N–H and O–H groups in total. The lowest BCUT2D eigenvalue weighted by Crippen LogP contribution is -2.12. The Morgan fingerprint density at radius 2 is 1.70 bits per heavy atom. The minimum Gasteiger partial charge on any atom is -0.267 e. The van der Waals surface area contributed by atoms with Crippen LogP contribution in [0.25, 0.3) is 11.3 Å². The molecule has 20 heavy (non-hydrogen) atoms. The Hall–Kier alpha value is -1.99. The van der Waals surface area contributed by atoms with Gasteiger partial charge in [-0.05, 0) is 18.2 Å². The van der Waals surface area contributed by atoms with Crippen molar-refractivity contribution in [3.8, 4) is 11.3 Å². The SMILES string of the molecule is Cn1n[c]cc1-c1ccc(C(F)(F)F)cc1C(F)(F)F. The maximum Gasteiger partial charge on any atom is 0.417 e. The van der Waals surface area contributed by atoms with Crippen LogP contribution in [0.15, 0.2) is 24.3 Å². The first-order valence-electron chi connectivity index (χ1n) is 5.29. The molecule has 0 atom stereocenters. The van der Waals surface area contributed by atoms with E-state index in [0.717, 1.165) is 10.7 Å². The van der Waals surface area contributed by atoms with Crippen LogP contribution in [0, 0.1) is 6.20 Å². The molecule has 2 nitrogen and oxygen atoms in total. The molecule has 0 bridgehead atoms.